The quantitative estimate of drug-likeness (QED) is 0.839. The first-order valence-electron chi connectivity index (χ1n) is 6.45. The van der Waals surface area contributed by atoms with Crippen LogP contribution in [-0.2, 0) is 0 Å². The van der Waals surface area contributed by atoms with Gasteiger partial charge in [0.2, 0.25) is 0 Å². The Bertz CT molecular complexity index is 641. The lowest BCUT2D eigenvalue weighted by Crippen LogP contribution is -2.07. The molecule has 106 valence electrons. The van der Waals surface area contributed by atoms with E-state index < -0.39 is 0 Å². The Morgan fingerprint density at radius 1 is 1.25 bits per heavy atom. The van der Waals surface area contributed by atoms with Gasteiger partial charge >= 0.3 is 0 Å². The van der Waals surface area contributed by atoms with Crippen LogP contribution in [0.5, 0.6) is 0 Å². The summed E-state index contributed by atoms with van der Waals surface area (Å²) in [6.45, 7) is 6.30. The lowest BCUT2D eigenvalue weighted by atomic mass is 10.0. The Balaban J connectivity index is 2.58. The van der Waals surface area contributed by atoms with Gasteiger partial charge in [0.15, 0.2) is 5.82 Å². The van der Waals surface area contributed by atoms with E-state index in [2.05, 4.69) is 45.1 Å². The maximum Gasteiger partial charge on any atom is 0.161 e. The first-order valence-corrected chi connectivity index (χ1v) is 7.62. The molecule has 0 unspecified atom stereocenters. The van der Waals surface area contributed by atoms with E-state index in [9.17, 15) is 0 Å². The summed E-state index contributed by atoms with van der Waals surface area (Å²) in [6, 6.07) is 5.74. The number of nitrogens with one attached hydrogen (secondary N) is 1. The van der Waals surface area contributed by atoms with Crippen molar-refractivity contribution in [2.75, 3.05) is 12.4 Å². The number of halogens is 2. The summed E-state index contributed by atoms with van der Waals surface area (Å²) < 4.78 is 0.868. The van der Waals surface area contributed by atoms with Gasteiger partial charge in [-0.25, -0.2) is 9.97 Å². The number of aryl methyl sites for hydroxylation is 1. The molecule has 3 nitrogen and oxygen atoms in total. The Hall–Kier alpha value is -1.13. The van der Waals surface area contributed by atoms with Gasteiger partial charge in [0.1, 0.15) is 5.82 Å². The summed E-state index contributed by atoms with van der Waals surface area (Å²) in [5, 5.41) is 3.82. The molecular weight excluding hydrogens is 338 g/mol. The molecule has 0 spiro atoms. The second-order valence-corrected chi connectivity index (χ2v) is 6.19. The summed E-state index contributed by atoms with van der Waals surface area (Å²) in [6.07, 6.45) is 0. The van der Waals surface area contributed by atoms with Crippen LogP contribution in [0.3, 0.4) is 0 Å². The van der Waals surface area contributed by atoms with Crippen molar-refractivity contribution in [1.29, 1.82) is 0 Å². The van der Waals surface area contributed by atoms with Gasteiger partial charge in [-0.1, -0.05) is 25.4 Å². The molecule has 0 aliphatic heterocycles. The van der Waals surface area contributed by atoms with E-state index in [1.54, 1.807) is 0 Å². The first-order chi connectivity index (χ1) is 9.43. The van der Waals surface area contributed by atoms with Gasteiger partial charge in [-0.15, -0.1) is 0 Å². The Morgan fingerprint density at radius 3 is 2.50 bits per heavy atom. The predicted molar refractivity (Wildman–Crippen MR) is 88.6 cm³/mol. The van der Waals surface area contributed by atoms with E-state index in [0.717, 1.165) is 27.1 Å². The van der Waals surface area contributed by atoms with Crippen molar-refractivity contribution >= 4 is 33.3 Å². The van der Waals surface area contributed by atoms with Gasteiger partial charge in [-0.2, -0.15) is 0 Å². The van der Waals surface area contributed by atoms with Gasteiger partial charge in [0, 0.05) is 28.3 Å². The second-order valence-electron chi connectivity index (χ2n) is 4.93. The summed E-state index contributed by atoms with van der Waals surface area (Å²) in [5.74, 6) is 1.94. The van der Waals surface area contributed by atoms with Crippen molar-refractivity contribution in [1.82, 2.24) is 9.97 Å². The molecule has 2 aromatic rings. The molecule has 5 heteroatoms. The fourth-order valence-corrected chi connectivity index (χ4v) is 2.65. The molecule has 0 radical (unpaired) electrons. The summed E-state index contributed by atoms with van der Waals surface area (Å²) in [4.78, 5) is 9.24. The standard InChI is InChI=1S/C15H17BrClN3/c1-8(2)13-9(3)19-14(20-15(13)18-4)10-5-6-11(16)12(17)7-10/h5-8H,1-4H3,(H,18,19,20). The van der Waals surface area contributed by atoms with Gasteiger partial charge in [-0.05, 0) is 47.0 Å². The van der Waals surface area contributed by atoms with E-state index in [0.29, 0.717) is 16.8 Å². The first kappa shape index (κ1) is 15.3. The van der Waals surface area contributed by atoms with Crippen LogP contribution in [0.1, 0.15) is 31.0 Å². The summed E-state index contributed by atoms with van der Waals surface area (Å²) >= 11 is 9.53. The average molecular weight is 355 g/mol. The SMILES string of the molecule is CNc1nc(-c2ccc(Br)c(Cl)c2)nc(C)c1C(C)C. The maximum atomic E-state index is 6.14. The largest absolute Gasteiger partial charge is 0.373 e. The predicted octanol–water partition coefficient (Wildman–Crippen LogP) is 5.03. The van der Waals surface area contributed by atoms with Crippen LogP contribution in [0.25, 0.3) is 11.4 Å². The van der Waals surface area contributed by atoms with Crippen molar-refractivity contribution < 1.29 is 0 Å². The highest BCUT2D eigenvalue weighted by molar-refractivity contribution is 9.10. The normalized spacial score (nSPS) is 10.9. The zero-order valence-corrected chi connectivity index (χ0v) is 14.3. The third-order valence-electron chi connectivity index (χ3n) is 3.13. The summed E-state index contributed by atoms with van der Waals surface area (Å²) in [5.41, 5.74) is 3.06. The van der Waals surface area contributed by atoms with E-state index >= 15 is 0 Å². The average Bonchev–Trinajstić information content (AvgIpc) is 2.40. The molecule has 0 amide bonds. The third kappa shape index (κ3) is 2.96. The number of aromatic nitrogens is 2. The zero-order chi connectivity index (χ0) is 14.9. The van der Waals surface area contributed by atoms with Crippen LogP contribution >= 0.6 is 27.5 Å². The van der Waals surface area contributed by atoms with Crippen molar-refractivity contribution in [2.45, 2.75) is 26.7 Å². The highest BCUT2D eigenvalue weighted by atomic mass is 79.9. The molecule has 1 N–H and O–H groups in total. The molecule has 2 rings (SSSR count). The van der Waals surface area contributed by atoms with Crippen molar-refractivity contribution in [2.24, 2.45) is 0 Å². The van der Waals surface area contributed by atoms with Crippen LogP contribution in [0.15, 0.2) is 22.7 Å². The van der Waals surface area contributed by atoms with Crippen LogP contribution in [0, 0.1) is 6.92 Å². The maximum absolute atomic E-state index is 6.14. The zero-order valence-electron chi connectivity index (χ0n) is 12.0. The fraction of sp³-hybridized carbons (Fsp3) is 0.333. The lowest BCUT2D eigenvalue weighted by molar-refractivity contribution is 0.833. The highest BCUT2D eigenvalue weighted by Gasteiger charge is 2.15. The van der Waals surface area contributed by atoms with E-state index in [1.807, 2.05) is 32.2 Å². The molecular formula is C15H17BrClN3. The summed E-state index contributed by atoms with van der Waals surface area (Å²) in [7, 11) is 1.88. The molecule has 1 aromatic carbocycles. The van der Waals surface area contributed by atoms with Crippen molar-refractivity contribution in [3.05, 3.63) is 39.0 Å². The molecule has 20 heavy (non-hydrogen) atoms. The van der Waals surface area contributed by atoms with Gasteiger partial charge < -0.3 is 5.32 Å². The van der Waals surface area contributed by atoms with Crippen molar-refractivity contribution in [3.63, 3.8) is 0 Å². The van der Waals surface area contributed by atoms with Crippen LogP contribution in [-0.4, -0.2) is 17.0 Å². The lowest BCUT2D eigenvalue weighted by Gasteiger charge is -2.15. The minimum atomic E-state index is 0.375. The molecule has 1 aromatic heterocycles. The molecule has 0 atom stereocenters. The highest BCUT2D eigenvalue weighted by Crippen LogP contribution is 2.30. The minimum Gasteiger partial charge on any atom is -0.373 e. The van der Waals surface area contributed by atoms with Crippen LogP contribution < -0.4 is 5.32 Å². The molecule has 0 saturated carbocycles. The van der Waals surface area contributed by atoms with Crippen LogP contribution in [0.2, 0.25) is 5.02 Å². The molecule has 0 bridgehead atoms. The molecule has 0 aliphatic carbocycles. The number of benzene rings is 1. The monoisotopic (exact) mass is 353 g/mol. The molecule has 0 fully saturated rings. The van der Waals surface area contributed by atoms with Crippen molar-refractivity contribution in [3.8, 4) is 11.4 Å². The van der Waals surface area contributed by atoms with Gasteiger partial charge in [-0.3, -0.25) is 0 Å². The van der Waals surface area contributed by atoms with Gasteiger partial charge in [0.05, 0.1) is 5.02 Å². The molecule has 0 aliphatic rings. The number of anilines is 1. The molecule has 1 heterocycles. The Kier molecular flexibility index (Phi) is 4.66. The Labute approximate surface area is 132 Å². The van der Waals surface area contributed by atoms with Gasteiger partial charge in [0.25, 0.3) is 0 Å². The van der Waals surface area contributed by atoms with E-state index in [-0.39, 0.29) is 0 Å². The molecule has 0 saturated heterocycles. The number of nitrogens with zero attached hydrogens (tertiary/aromatic N) is 2. The topological polar surface area (TPSA) is 37.8 Å². The van der Waals surface area contributed by atoms with E-state index in [1.165, 1.54) is 0 Å². The van der Waals surface area contributed by atoms with Crippen LogP contribution in [0.4, 0.5) is 5.82 Å². The van der Waals surface area contributed by atoms with E-state index in [4.69, 9.17) is 11.6 Å². The Morgan fingerprint density at radius 2 is 1.95 bits per heavy atom. The minimum absolute atomic E-state index is 0.375. The third-order valence-corrected chi connectivity index (χ3v) is 4.36. The number of hydrogen-bond acceptors (Lipinski definition) is 3. The fourth-order valence-electron chi connectivity index (χ4n) is 2.23. The smallest absolute Gasteiger partial charge is 0.161 e. The number of hydrogen-bond donors (Lipinski definition) is 1. The second kappa shape index (κ2) is 6.10. The number of rotatable bonds is 3.